The number of aryl methyl sites for hydroxylation is 2. The summed E-state index contributed by atoms with van der Waals surface area (Å²) in [6, 6.07) is 5.98. The van der Waals surface area contributed by atoms with E-state index in [4.69, 9.17) is 0 Å². The maximum absolute atomic E-state index is 12.0. The lowest BCUT2D eigenvalue weighted by atomic mass is 9.97. The van der Waals surface area contributed by atoms with Gasteiger partial charge in [0.15, 0.2) is 0 Å². The van der Waals surface area contributed by atoms with Crippen molar-refractivity contribution in [1.82, 2.24) is 4.90 Å². The fourth-order valence-electron chi connectivity index (χ4n) is 2.60. The molecule has 2 unspecified atom stereocenters. The van der Waals surface area contributed by atoms with Crippen LogP contribution < -0.4 is 0 Å². The van der Waals surface area contributed by atoms with E-state index in [-0.39, 0.29) is 11.8 Å². The van der Waals surface area contributed by atoms with E-state index in [0.717, 1.165) is 24.9 Å². The van der Waals surface area contributed by atoms with E-state index < -0.39 is 6.10 Å². The molecule has 0 spiro atoms. The first-order valence-electron chi connectivity index (χ1n) is 7.03. The van der Waals surface area contributed by atoms with Gasteiger partial charge in [-0.15, -0.1) is 0 Å². The highest BCUT2D eigenvalue weighted by Crippen LogP contribution is 2.22. The van der Waals surface area contributed by atoms with E-state index >= 15 is 0 Å². The van der Waals surface area contributed by atoms with E-state index in [1.165, 1.54) is 11.1 Å². The van der Waals surface area contributed by atoms with Crippen molar-refractivity contribution in [2.75, 3.05) is 13.1 Å². The minimum absolute atomic E-state index is 0.0979. The molecule has 1 fully saturated rings. The number of β-amino-alcohol motifs (C(OH)–C–C–N with tert-alkyl or cyclic N) is 1. The van der Waals surface area contributed by atoms with Crippen molar-refractivity contribution in [3.8, 4) is 0 Å². The van der Waals surface area contributed by atoms with Gasteiger partial charge in [0, 0.05) is 12.5 Å². The molecule has 3 heteroatoms. The molecule has 0 saturated carbocycles. The molecule has 3 nitrogen and oxygen atoms in total. The number of benzene rings is 1. The van der Waals surface area contributed by atoms with Crippen LogP contribution in [-0.4, -0.2) is 29.0 Å². The second-order valence-electron chi connectivity index (χ2n) is 5.69. The highest BCUT2D eigenvalue weighted by Gasteiger charge is 2.26. The molecule has 1 saturated heterocycles. The zero-order valence-electron chi connectivity index (χ0n) is 12.0. The van der Waals surface area contributed by atoms with E-state index in [1.807, 2.05) is 32.0 Å². The van der Waals surface area contributed by atoms with Crippen molar-refractivity contribution in [2.24, 2.45) is 5.92 Å². The molecule has 1 aliphatic heterocycles. The zero-order valence-corrected chi connectivity index (χ0v) is 12.0. The summed E-state index contributed by atoms with van der Waals surface area (Å²) in [7, 11) is 0. The maximum atomic E-state index is 12.0. The number of hydrogen-bond donors (Lipinski definition) is 1. The summed E-state index contributed by atoms with van der Waals surface area (Å²) in [5.41, 5.74) is 3.29. The molecule has 2 rings (SSSR count). The van der Waals surface area contributed by atoms with Gasteiger partial charge in [-0.2, -0.15) is 0 Å². The Morgan fingerprint density at radius 3 is 2.79 bits per heavy atom. The Bertz CT molecular complexity index is 470. The van der Waals surface area contributed by atoms with Crippen LogP contribution in [0.2, 0.25) is 0 Å². The number of carbonyl (C=O) groups excluding carboxylic acids is 1. The van der Waals surface area contributed by atoms with Crippen LogP contribution in [0.3, 0.4) is 0 Å². The van der Waals surface area contributed by atoms with Crippen LogP contribution in [0.25, 0.3) is 0 Å². The molecular formula is C16H23NO2. The number of hydrogen-bond acceptors (Lipinski definition) is 2. The molecular weight excluding hydrogens is 238 g/mol. The standard InChI is InChI=1S/C16H23NO2/c1-11-6-7-14(9-13(11)3)15(18)10-17-8-4-5-12(2)16(17)19/h6-7,9,12,15,18H,4-5,8,10H2,1-3H3. The second-order valence-corrected chi connectivity index (χ2v) is 5.69. The largest absolute Gasteiger partial charge is 0.387 e. The van der Waals surface area contributed by atoms with Crippen LogP contribution in [-0.2, 0) is 4.79 Å². The summed E-state index contributed by atoms with van der Waals surface area (Å²) in [4.78, 5) is 13.8. The molecule has 1 aromatic carbocycles. The number of piperidine rings is 1. The summed E-state index contributed by atoms with van der Waals surface area (Å²) in [5.74, 6) is 0.273. The quantitative estimate of drug-likeness (QED) is 0.908. The summed E-state index contributed by atoms with van der Waals surface area (Å²) in [6.07, 6.45) is 1.41. The normalized spacial score (nSPS) is 21.6. The number of amides is 1. The Hall–Kier alpha value is -1.35. The Morgan fingerprint density at radius 1 is 1.37 bits per heavy atom. The summed E-state index contributed by atoms with van der Waals surface area (Å²) in [5, 5.41) is 10.3. The van der Waals surface area contributed by atoms with Gasteiger partial charge in [0.05, 0.1) is 12.6 Å². The van der Waals surface area contributed by atoms with E-state index in [2.05, 4.69) is 6.92 Å². The molecule has 104 valence electrons. The maximum Gasteiger partial charge on any atom is 0.225 e. The predicted molar refractivity (Wildman–Crippen MR) is 75.9 cm³/mol. The lowest BCUT2D eigenvalue weighted by Gasteiger charge is -2.32. The number of aliphatic hydroxyl groups is 1. The molecule has 1 amide bonds. The lowest BCUT2D eigenvalue weighted by molar-refractivity contribution is -0.139. The highest BCUT2D eigenvalue weighted by molar-refractivity contribution is 5.79. The SMILES string of the molecule is Cc1ccc(C(O)CN2CCCC(C)C2=O)cc1C. The number of aliphatic hydroxyl groups excluding tert-OH is 1. The van der Waals surface area contributed by atoms with Crippen molar-refractivity contribution in [1.29, 1.82) is 0 Å². The van der Waals surface area contributed by atoms with Crippen LogP contribution in [0.15, 0.2) is 18.2 Å². The van der Waals surface area contributed by atoms with Gasteiger partial charge in [-0.3, -0.25) is 4.79 Å². The van der Waals surface area contributed by atoms with Crippen molar-refractivity contribution in [2.45, 2.75) is 39.7 Å². The van der Waals surface area contributed by atoms with Gasteiger partial charge in [-0.25, -0.2) is 0 Å². The topological polar surface area (TPSA) is 40.5 Å². The molecule has 1 N–H and O–H groups in total. The molecule has 0 bridgehead atoms. The van der Waals surface area contributed by atoms with Crippen LogP contribution >= 0.6 is 0 Å². The fourth-order valence-corrected chi connectivity index (χ4v) is 2.60. The Kier molecular flexibility index (Phi) is 4.25. The number of carbonyl (C=O) groups is 1. The van der Waals surface area contributed by atoms with Gasteiger partial charge in [-0.05, 0) is 43.4 Å². The van der Waals surface area contributed by atoms with Crippen LogP contribution in [0.5, 0.6) is 0 Å². The minimum Gasteiger partial charge on any atom is -0.387 e. The molecule has 1 aliphatic rings. The van der Waals surface area contributed by atoms with Gasteiger partial charge >= 0.3 is 0 Å². The van der Waals surface area contributed by atoms with E-state index in [1.54, 1.807) is 4.90 Å². The molecule has 0 aliphatic carbocycles. The first kappa shape index (κ1) is 14.1. The van der Waals surface area contributed by atoms with E-state index in [0.29, 0.717) is 6.54 Å². The van der Waals surface area contributed by atoms with Gasteiger partial charge in [0.1, 0.15) is 0 Å². The predicted octanol–water partition coefficient (Wildman–Crippen LogP) is 2.60. The Balaban J connectivity index is 2.05. The molecule has 0 aromatic heterocycles. The van der Waals surface area contributed by atoms with Crippen LogP contribution in [0, 0.1) is 19.8 Å². The van der Waals surface area contributed by atoms with Crippen molar-refractivity contribution in [3.05, 3.63) is 34.9 Å². The summed E-state index contributed by atoms with van der Waals surface area (Å²) in [6.45, 7) is 7.24. The highest BCUT2D eigenvalue weighted by atomic mass is 16.3. The minimum atomic E-state index is -0.589. The molecule has 19 heavy (non-hydrogen) atoms. The number of nitrogens with zero attached hydrogens (tertiary/aromatic N) is 1. The fraction of sp³-hybridized carbons (Fsp3) is 0.562. The Labute approximate surface area is 115 Å². The number of likely N-dealkylation sites (tertiary alicyclic amines) is 1. The monoisotopic (exact) mass is 261 g/mol. The summed E-state index contributed by atoms with van der Waals surface area (Å²) >= 11 is 0. The third-order valence-corrected chi connectivity index (χ3v) is 4.11. The van der Waals surface area contributed by atoms with Gasteiger partial charge in [0.25, 0.3) is 0 Å². The smallest absolute Gasteiger partial charge is 0.225 e. The average molecular weight is 261 g/mol. The molecule has 0 radical (unpaired) electrons. The lowest BCUT2D eigenvalue weighted by Crippen LogP contribution is -2.42. The molecule has 1 heterocycles. The first-order chi connectivity index (χ1) is 8.99. The summed E-state index contributed by atoms with van der Waals surface area (Å²) < 4.78 is 0. The molecule has 1 aromatic rings. The van der Waals surface area contributed by atoms with Gasteiger partial charge in [-0.1, -0.05) is 25.1 Å². The van der Waals surface area contributed by atoms with Crippen molar-refractivity contribution in [3.63, 3.8) is 0 Å². The van der Waals surface area contributed by atoms with Crippen molar-refractivity contribution < 1.29 is 9.90 Å². The Morgan fingerprint density at radius 2 is 2.11 bits per heavy atom. The van der Waals surface area contributed by atoms with Crippen molar-refractivity contribution >= 4 is 5.91 Å². The first-order valence-corrected chi connectivity index (χ1v) is 7.03. The third-order valence-electron chi connectivity index (χ3n) is 4.11. The van der Waals surface area contributed by atoms with Gasteiger partial charge < -0.3 is 10.0 Å². The van der Waals surface area contributed by atoms with Crippen LogP contribution in [0.4, 0.5) is 0 Å². The number of rotatable bonds is 3. The average Bonchev–Trinajstić information content (AvgIpc) is 2.38. The zero-order chi connectivity index (χ0) is 14.0. The van der Waals surface area contributed by atoms with Gasteiger partial charge in [0.2, 0.25) is 5.91 Å². The van der Waals surface area contributed by atoms with E-state index in [9.17, 15) is 9.90 Å². The molecule has 2 atom stereocenters. The third kappa shape index (κ3) is 3.16. The second kappa shape index (κ2) is 5.74. The van der Waals surface area contributed by atoms with Crippen LogP contribution in [0.1, 0.15) is 42.6 Å².